The Morgan fingerprint density at radius 1 is 1.40 bits per heavy atom. The van der Waals surface area contributed by atoms with E-state index in [1.54, 1.807) is 26.1 Å². The predicted octanol–water partition coefficient (Wildman–Crippen LogP) is 2.40. The van der Waals surface area contributed by atoms with Crippen LogP contribution in [-0.2, 0) is 16.1 Å². The fourth-order valence-corrected chi connectivity index (χ4v) is 4.38. The second-order valence-corrected chi connectivity index (χ2v) is 7.75. The minimum Gasteiger partial charge on any atom is -0.497 e. The van der Waals surface area contributed by atoms with E-state index in [1.807, 2.05) is 6.07 Å². The lowest BCUT2D eigenvalue weighted by atomic mass is 9.81. The minimum absolute atomic E-state index is 0.0391. The van der Waals surface area contributed by atoms with Crippen LogP contribution in [0.4, 0.5) is 0 Å². The molecule has 1 saturated carbocycles. The van der Waals surface area contributed by atoms with E-state index in [4.69, 9.17) is 9.47 Å². The molecule has 3 rings (SSSR count). The molecular formula is C20H30N2O3. The number of rotatable bonds is 7. The monoisotopic (exact) mass is 346 g/mol. The standard InChI is InChI=1S/C20H30N2O3/c1-21(2)19(23)13-25-15-20-9-5-7-17(20)12-22(14-20)11-16-6-4-8-18(10-16)24-3/h4,6,8,10,17H,5,7,9,11-15H2,1-3H3/t17-,20+/m1/s1. The summed E-state index contributed by atoms with van der Waals surface area (Å²) in [6, 6.07) is 8.32. The van der Waals surface area contributed by atoms with Crippen molar-refractivity contribution in [2.75, 3.05) is 47.5 Å². The summed E-state index contributed by atoms with van der Waals surface area (Å²) in [5, 5.41) is 0. The van der Waals surface area contributed by atoms with Crippen molar-refractivity contribution < 1.29 is 14.3 Å². The third-order valence-electron chi connectivity index (χ3n) is 5.76. The molecule has 1 aromatic carbocycles. The van der Waals surface area contributed by atoms with Crippen LogP contribution >= 0.6 is 0 Å². The summed E-state index contributed by atoms with van der Waals surface area (Å²) in [5.74, 6) is 1.64. The number of hydrogen-bond donors (Lipinski definition) is 0. The Morgan fingerprint density at radius 3 is 3.00 bits per heavy atom. The third-order valence-corrected chi connectivity index (χ3v) is 5.76. The van der Waals surface area contributed by atoms with Crippen molar-refractivity contribution in [3.8, 4) is 5.75 Å². The lowest BCUT2D eigenvalue weighted by Gasteiger charge is -2.29. The van der Waals surface area contributed by atoms with Crippen LogP contribution in [-0.4, -0.2) is 63.2 Å². The highest BCUT2D eigenvalue weighted by atomic mass is 16.5. The molecule has 1 amide bonds. The van der Waals surface area contributed by atoms with Crippen molar-refractivity contribution in [3.05, 3.63) is 29.8 Å². The Morgan fingerprint density at radius 2 is 2.24 bits per heavy atom. The van der Waals surface area contributed by atoms with Gasteiger partial charge in [-0.1, -0.05) is 18.6 Å². The Hall–Kier alpha value is -1.59. The molecule has 1 aliphatic heterocycles. The Bertz CT molecular complexity index is 604. The molecule has 25 heavy (non-hydrogen) atoms. The van der Waals surface area contributed by atoms with Crippen molar-refractivity contribution in [1.29, 1.82) is 0 Å². The molecule has 0 spiro atoms. The van der Waals surface area contributed by atoms with Crippen molar-refractivity contribution in [1.82, 2.24) is 9.80 Å². The van der Waals surface area contributed by atoms with Crippen LogP contribution in [0.2, 0.25) is 0 Å². The highest BCUT2D eigenvalue weighted by molar-refractivity contribution is 5.76. The Labute approximate surface area is 150 Å². The molecule has 1 saturated heterocycles. The number of fused-ring (bicyclic) bond motifs is 1. The fourth-order valence-electron chi connectivity index (χ4n) is 4.38. The zero-order valence-electron chi connectivity index (χ0n) is 15.7. The Balaban J connectivity index is 1.58. The topological polar surface area (TPSA) is 42.0 Å². The first-order chi connectivity index (χ1) is 12.0. The molecule has 1 aliphatic carbocycles. The van der Waals surface area contributed by atoms with E-state index in [0.29, 0.717) is 12.5 Å². The molecule has 0 N–H and O–H groups in total. The summed E-state index contributed by atoms with van der Waals surface area (Å²) < 4.78 is 11.2. The first kappa shape index (κ1) is 18.2. The van der Waals surface area contributed by atoms with Crippen molar-refractivity contribution in [2.24, 2.45) is 11.3 Å². The molecule has 0 aromatic heterocycles. The molecule has 5 nitrogen and oxygen atoms in total. The first-order valence-corrected chi connectivity index (χ1v) is 9.15. The predicted molar refractivity (Wildman–Crippen MR) is 97.6 cm³/mol. The van der Waals surface area contributed by atoms with Gasteiger partial charge in [-0.15, -0.1) is 0 Å². The van der Waals surface area contributed by atoms with Gasteiger partial charge in [0.2, 0.25) is 5.91 Å². The van der Waals surface area contributed by atoms with Gasteiger partial charge in [0, 0.05) is 39.1 Å². The maximum atomic E-state index is 11.8. The van der Waals surface area contributed by atoms with E-state index in [9.17, 15) is 4.79 Å². The Kier molecular flexibility index (Phi) is 5.64. The molecule has 2 aliphatic rings. The van der Waals surface area contributed by atoms with Crippen molar-refractivity contribution in [2.45, 2.75) is 25.8 Å². The molecule has 1 heterocycles. The van der Waals surface area contributed by atoms with E-state index < -0.39 is 0 Å². The van der Waals surface area contributed by atoms with Crippen molar-refractivity contribution in [3.63, 3.8) is 0 Å². The van der Waals surface area contributed by atoms with Gasteiger partial charge in [-0.05, 0) is 36.5 Å². The lowest BCUT2D eigenvalue weighted by molar-refractivity contribution is -0.135. The molecule has 1 aromatic rings. The highest BCUT2D eigenvalue weighted by Crippen LogP contribution is 2.49. The van der Waals surface area contributed by atoms with Gasteiger partial charge < -0.3 is 14.4 Å². The largest absolute Gasteiger partial charge is 0.497 e. The number of methoxy groups -OCH3 is 1. The van der Waals surface area contributed by atoms with Crippen LogP contribution in [0.25, 0.3) is 0 Å². The summed E-state index contributed by atoms with van der Waals surface area (Å²) in [7, 11) is 5.25. The van der Waals surface area contributed by atoms with Gasteiger partial charge in [-0.3, -0.25) is 9.69 Å². The van der Waals surface area contributed by atoms with Crippen molar-refractivity contribution >= 4 is 5.91 Å². The number of ether oxygens (including phenoxy) is 2. The van der Waals surface area contributed by atoms with E-state index in [0.717, 1.165) is 25.4 Å². The van der Waals surface area contributed by atoms with E-state index in [2.05, 4.69) is 23.1 Å². The molecule has 2 atom stereocenters. The molecule has 2 fully saturated rings. The van der Waals surface area contributed by atoms with Gasteiger partial charge in [0.05, 0.1) is 13.7 Å². The molecule has 0 unspecified atom stereocenters. The van der Waals surface area contributed by atoms with Gasteiger partial charge in [0.25, 0.3) is 0 Å². The SMILES string of the molecule is COc1cccc(CN2C[C@H]3CCC[C@@]3(COCC(=O)N(C)C)C2)c1. The van der Waals surface area contributed by atoms with E-state index >= 15 is 0 Å². The average Bonchev–Trinajstić information content (AvgIpc) is 3.11. The number of likely N-dealkylation sites (tertiary alicyclic amines) is 1. The van der Waals surface area contributed by atoms with Gasteiger partial charge in [0.15, 0.2) is 0 Å². The van der Waals surface area contributed by atoms with Gasteiger partial charge in [0.1, 0.15) is 12.4 Å². The maximum Gasteiger partial charge on any atom is 0.248 e. The molecule has 5 heteroatoms. The summed E-state index contributed by atoms with van der Waals surface area (Å²) in [6.45, 7) is 4.03. The summed E-state index contributed by atoms with van der Waals surface area (Å²) >= 11 is 0. The van der Waals surface area contributed by atoms with Crippen LogP contribution in [0.1, 0.15) is 24.8 Å². The number of hydrogen-bond acceptors (Lipinski definition) is 4. The number of likely N-dealkylation sites (N-methyl/N-ethyl adjacent to an activating group) is 1. The highest BCUT2D eigenvalue weighted by Gasteiger charge is 2.49. The molecular weight excluding hydrogens is 316 g/mol. The number of nitrogens with zero attached hydrogens (tertiary/aromatic N) is 2. The normalized spacial score (nSPS) is 25.8. The zero-order chi connectivity index (χ0) is 17.9. The van der Waals surface area contributed by atoms with Crippen LogP contribution in [0.5, 0.6) is 5.75 Å². The lowest BCUT2D eigenvalue weighted by Crippen LogP contribution is -2.34. The summed E-state index contributed by atoms with van der Waals surface area (Å²) in [4.78, 5) is 15.9. The second-order valence-electron chi connectivity index (χ2n) is 7.75. The second kappa shape index (κ2) is 7.75. The fraction of sp³-hybridized carbons (Fsp3) is 0.650. The van der Waals surface area contributed by atoms with Gasteiger partial charge in [-0.2, -0.15) is 0 Å². The summed E-state index contributed by atoms with van der Waals surface area (Å²) in [6.07, 6.45) is 3.77. The third kappa shape index (κ3) is 4.15. The zero-order valence-corrected chi connectivity index (χ0v) is 15.7. The number of carbonyl (C=O) groups excluding carboxylic acids is 1. The molecule has 138 valence electrons. The number of amides is 1. The van der Waals surface area contributed by atoms with E-state index in [1.165, 1.54) is 24.8 Å². The van der Waals surface area contributed by atoms with Gasteiger partial charge in [-0.25, -0.2) is 0 Å². The molecule has 0 radical (unpaired) electrons. The van der Waals surface area contributed by atoms with Gasteiger partial charge >= 0.3 is 0 Å². The smallest absolute Gasteiger partial charge is 0.248 e. The minimum atomic E-state index is 0.0391. The summed E-state index contributed by atoms with van der Waals surface area (Å²) in [5.41, 5.74) is 1.52. The quantitative estimate of drug-likeness (QED) is 0.760. The number of carbonyl (C=O) groups is 1. The van der Waals surface area contributed by atoms with Crippen LogP contribution in [0, 0.1) is 11.3 Å². The molecule has 0 bridgehead atoms. The average molecular weight is 346 g/mol. The van der Waals surface area contributed by atoms with E-state index in [-0.39, 0.29) is 17.9 Å². The van der Waals surface area contributed by atoms with Crippen LogP contribution in [0.15, 0.2) is 24.3 Å². The van der Waals surface area contributed by atoms with Crippen LogP contribution in [0.3, 0.4) is 0 Å². The maximum absolute atomic E-state index is 11.8. The first-order valence-electron chi connectivity index (χ1n) is 9.15. The van der Waals surface area contributed by atoms with Crippen LogP contribution < -0.4 is 4.74 Å². The number of benzene rings is 1.